The summed E-state index contributed by atoms with van der Waals surface area (Å²) in [7, 11) is 0. The number of hydrogen-bond donors (Lipinski definition) is 3. The Bertz CT molecular complexity index is 328. The first-order valence-electron chi connectivity index (χ1n) is 5.37. The van der Waals surface area contributed by atoms with Crippen LogP contribution in [0, 0.1) is 5.92 Å². The maximum absolute atomic E-state index is 11.6. The molecule has 2 atom stereocenters. The molecule has 0 aliphatic rings. The van der Waals surface area contributed by atoms with Crippen LogP contribution >= 0.6 is 0 Å². The van der Waals surface area contributed by atoms with E-state index in [0.29, 0.717) is 5.82 Å². The number of nitrogens with one attached hydrogen (secondary N) is 2. The van der Waals surface area contributed by atoms with Gasteiger partial charge < -0.3 is 5.73 Å². The van der Waals surface area contributed by atoms with Crippen molar-refractivity contribution in [3.05, 3.63) is 24.4 Å². The fraction of sp³-hybridized carbons (Fsp3) is 0.455. The van der Waals surface area contributed by atoms with Crippen LogP contribution in [-0.2, 0) is 4.79 Å². The summed E-state index contributed by atoms with van der Waals surface area (Å²) in [5, 5.41) is 0. The molecule has 4 N–H and O–H groups in total. The maximum atomic E-state index is 11.6. The summed E-state index contributed by atoms with van der Waals surface area (Å²) in [6.45, 7) is 3.95. The molecule has 1 aromatic heterocycles. The molecule has 5 nitrogen and oxygen atoms in total. The number of nitrogens with two attached hydrogens (primary N) is 1. The van der Waals surface area contributed by atoms with Gasteiger partial charge in [0, 0.05) is 6.20 Å². The average Bonchev–Trinajstić information content (AvgIpc) is 2.35. The van der Waals surface area contributed by atoms with E-state index in [1.165, 1.54) is 0 Å². The van der Waals surface area contributed by atoms with E-state index >= 15 is 0 Å². The van der Waals surface area contributed by atoms with Gasteiger partial charge in [0.1, 0.15) is 5.82 Å². The molecule has 16 heavy (non-hydrogen) atoms. The summed E-state index contributed by atoms with van der Waals surface area (Å²) in [6, 6.07) is 4.89. The van der Waals surface area contributed by atoms with Crippen LogP contribution in [0.5, 0.6) is 0 Å². The zero-order valence-corrected chi connectivity index (χ0v) is 9.60. The van der Waals surface area contributed by atoms with Gasteiger partial charge in [-0.1, -0.05) is 26.3 Å². The summed E-state index contributed by atoms with van der Waals surface area (Å²) < 4.78 is 0. The molecule has 1 heterocycles. The highest BCUT2D eigenvalue weighted by molar-refractivity contribution is 5.82. The molecule has 0 aliphatic heterocycles. The van der Waals surface area contributed by atoms with Gasteiger partial charge in [-0.15, -0.1) is 0 Å². The second kappa shape index (κ2) is 6.07. The molecule has 0 saturated heterocycles. The molecule has 0 radical (unpaired) electrons. The van der Waals surface area contributed by atoms with Gasteiger partial charge in [0.15, 0.2) is 0 Å². The highest BCUT2D eigenvalue weighted by Crippen LogP contribution is 2.05. The van der Waals surface area contributed by atoms with E-state index in [0.717, 1.165) is 6.42 Å². The molecular weight excluding hydrogens is 204 g/mol. The molecule has 0 bridgehead atoms. The number of hydrazine groups is 1. The second-order valence-corrected chi connectivity index (χ2v) is 3.74. The number of amides is 1. The highest BCUT2D eigenvalue weighted by Gasteiger charge is 2.18. The fourth-order valence-corrected chi connectivity index (χ4v) is 1.16. The van der Waals surface area contributed by atoms with E-state index in [1.54, 1.807) is 18.3 Å². The summed E-state index contributed by atoms with van der Waals surface area (Å²) in [6.07, 6.45) is 2.52. The van der Waals surface area contributed by atoms with Gasteiger partial charge in [-0.3, -0.25) is 15.6 Å². The van der Waals surface area contributed by atoms with Gasteiger partial charge in [-0.2, -0.15) is 0 Å². The van der Waals surface area contributed by atoms with Crippen LogP contribution in [0.4, 0.5) is 5.82 Å². The smallest absolute Gasteiger partial charge is 0.255 e. The van der Waals surface area contributed by atoms with E-state index in [-0.39, 0.29) is 11.8 Å². The number of hydrogen-bond acceptors (Lipinski definition) is 4. The summed E-state index contributed by atoms with van der Waals surface area (Å²) in [5.74, 6) is 0.526. The fourth-order valence-electron chi connectivity index (χ4n) is 1.16. The van der Waals surface area contributed by atoms with E-state index in [4.69, 9.17) is 5.73 Å². The zero-order chi connectivity index (χ0) is 12.0. The highest BCUT2D eigenvalue weighted by atomic mass is 16.2. The van der Waals surface area contributed by atoms with Crippen molar-refractivity contribution >= 4 is 11.7 Å². The third-order valence-corrected chi connectivity index (χ3v) is 2.54. The zero-order valence-electron chi connectivity index (χ0n) is 9.60. The van der Waals surface area contributed by atoms with Crippen molar-refractivity contribution in [2.75, 3.05) is 5.43 Å². The van der Waals surface area contributed by atoms with Gasteiger partial charge in [-0.25, -0.2) is 4.98 Å². The van der Waals surface area contributed by atoms with Crippen molar-refractivity contribution < 1.29 is 4.79 Å². The Morgan fingerprint density at radius 3 is 2.88 bits per heavy atom. The molecule has 0 saturated carbocycles. The molecule has 0 spiro atoms. The molecule has 5 heteroatoms. The largest absolute Gasteiger partial charge is 0.320 e. The Morgan fingerprint density at radius 1 is 1.56 bits per heavy atom. The Balaban J connectivity index is 2.41. The van der Waals surface area contributed by atoms with Crippen LogP contribution in [0.3, 0.4) is 0 Å². The van der Waals surface area contributed by atoms with Crippen LogP contribution in [0.1, 0.15) is 20.3 Å². The van der Waals surface area contributed by atoms with E-state index in [1.807, 2.05) is 19.9 Å². The van der Waals surface area contributed by atoms with Crippen molar-refractivity contribution in [3.63, 3.8) is 0 Å². The molecule has 1 rings (SSSR count). The lowest BCUT2D eigenvalue weighted by Crippen LogP contribution is -2.46. The molecule has 0 fully saturated rings. The van der Waals surface area contributed by atoms with Crippen molar-refractivity contribution in [3.8, 4) is 0 Å². The van der Waals surface area contributed by atoms with Crippen LogP contribution < -0.4 is 16.6 Å². The molecule has 88 valence electrons. The van der Waals surface area contributed by atoms with Gasteiger partial charge in [0.2, 0.25) is 0 Å². The van der Waals surface area contributed by atoms with Gasteiger partial charge in [0.25, 0.3) is 5.91 Å². The Hall–Kier alpha value is -1.62. The van der Waals surface area contributed by atoms with Crippen LogP contribution in [0.15, 0.2) is 24.4 Å². The predicted molar refractivity (Wildman–Crippen MR) is 63.4 cm³/mol. The Labute approximate surface area is 95.4 Å². The molecule has 0 aliphatic carbocycles. The number of carbonyl (C=O) groups excluding carboxylic acids is 1. The minimum atomic E-state index is -0.499. The first-order chi connectivity index (χ1) is 7.65. The van der Waals surface area contributed by atoms with Crippen molar-refractivity contribution in [2.45, 2.75) is 26.3 Å². The minimum absolute atomic E-state index is 0.158. The number of anilines is 1. The monoisotopic (exact) mass is 222 g/mol. The number of carbonyl (C=O) groups is 1. The third-order valence-electron chi connectivity index (χ3n) is 2.54. The summed E-state index contributed by atoms with van der Waals surface area (Å²) in [5.41, 5.74) is 11.0. The lowest BCUT2D eigenvalue weighted by atomic mass is 10.00. The number of pyridine rings is 1. The second-order valence-electron chi connectivity index (χ2n) is 3.74. The molecule has 1 unspecified atom stereocenters. The maximum Gasteiger partial charge on any atom is 0.255 e. The Morgan fingerprint density at radius 2 is 2.31 bits per heavy atom. The van der Waals surface area contributed by atoms with Crippen LogP contribution in [-0.4, -0.2) is 16.9 Å². The summed E-state index contributed by atoms with van der Waals surface area (Å²) in [4.78, 5) is 15.6. The predicted octanol–water partition coefficient (Wildman–Crippen LogP) is 0.898. The van der Waals surface area contributed by atoms with E-state index in [9.17, 15) is 4.79 Å². The van der Waals surface area contributed by atoms with Crippen LogP contribution in [0.25, 0.3) is 0 Å². The SMILES string of the molecule is CCC(C)[C@H](N)C(=O)NNc1ccccn1. The minimum Gasteiger partial charge on any atom is -0.320 e. The average molecular weight is 222 g/mol. The van der Waals surface area contributed by atoms with Crippen molar-refractivity contribution in [1.29, 1.82) is 0 Å². The van der Waals surface area contributed by atoms with Crippen molar-refractivity contribution in [2.24, 2.45) is 11.7 Å². The summed E-state index contributed by atoms with van der Waals surface area (Å²) >= 11 is 0. The van der Waals surface area contributed by atoms with Crippen LogP contribution in [0.2, 0.25) is 0 Å². The van der Waals surface area contributed by atoms with Gasteiger partial charge in [-0.05, 0) is 18.1 Å². The molecule has 1 aromatic rings. The Kier molecular flexibility index (Phi) is 4.72. The number of rotatable bonds is 5. The van der Waals surface area contributed by atoms with Gasteiger partial charge in [0.05, 0.1) is 6.04 Å². The first-order valence-corrected chi connectivity index (χ1v) is 5.37. The van der Waals surface area contributed by atoms with E-state index in [2.05, 4.69) is 15.8 Å². The number of aromatic nitrogens is 1. The standard InChI is InChI=1S/C11H18N4O/c1-3-8(2)10(12)11(16)15-14-9-6-4-5-7-13-9/h4-8,10H,3,12H2,1-2H3,(H,13,14)(H,15,16)/t8?,10-/m0/s1. The molecule has 1 amide bonds. The van der Waals surface area contributed by atoms with Gasteiger partial charge >= 0.3 is 0 Å². The lowest BCUT2D eigenvalue weighted by Gasteiger charge is -2.18. The lowest BCUT2D eigenvalue weighted by molar-refractivity contribution is -0.122. The normalized spacial score (nSPS) is 13.9. The third kappa shape index (κ3) is 3.51. The quantitative estimate of drug-likeness (QED) is 0.647. The number of nitrogens with zero attached hydrogens (tertiary/aromatic N) is 1. The van der Waals surface area contributed by atoms with E-state index < -0.39 is 6.04 Å². The first kappa shape index (κ1) is 12.4. The topological polar surface area (TPSA) is 80.0 Å². The van der Waals surface area contributed by atoms with Crippen molar-refractivity contribution in [1.82, 2.24) is 10.4 Å². The molecule has 0 aromatic carbocycles. The molecular formula is C11H18N4O.